The summed E-state index contributed by atoms with van der Waals surface area (Å²) in [4.78, 5) is 42.1. The first-order valence-electron chi connectivity index (χ1n) is 13.0. The summed E-state index contributed by atoms with van der Waals surface area (Å²) in [6.45, 7) is 4.96. The Kier molecular flexibility index (Phi) is 5.52. The van der Waals surface area contributed by atoms with Crippen LogP contribution >= 0.6 is 0 Å². The number of carbonyl (C=O) groups excluding carboxylic acids is 1. The van der Waals surface area contributed by atoms with E-state index < -0.39 is 0 Å². The van der Waals surface area contributed by atoms with Crippen molar-refractivity contribution in [2.45, 2.75) is 49.5 Å². The lowest BCUT2D eigenvalue weighted by Gasteiger charge is -2.35. The van der Waals surface area contributed by atoms with Crippen molar-refractivity contribution in [3.8, 4) is 0 Å². The summed E-state index contributed by atoms with van der Waals surface area (Å²) in [5, 5.41) is 2.67. The van der Waals surface area contributed by atoms with Gasteiger partial charge in [0, 0.05) is 43.5 Å². The number of nitrogens with zero attached hydrogens (tertiary/aromatic N) is 4. The molecule has 1 saturated heterocycles. The van der Waals surface area contributed by atoms with Crippen molar-refractivity contribution in [3.05, 3.63) is 63.8 Å². The quantitative estimate of drug-likeness (QED) is 0.447. The van der Waals surface area contributed by atoms with Crippen LogP contribution in [0.5, 0.6) is 0 Å². The van der Waals surface area contributed by atoms with Crippen molar-refractivity contribution in [2.75, 3.05) is 18.0 Å². The zero-order valence-corrected chi connectivity index (χ0v) is 21.4. The number of H-pyrrole nitrogens is 1. The molecular weight excluding hydrogens is 449 g/mol. The molecule has 3 fully saturated rings. The molecule has 3 aliphatic rings. The molecule has 182 valence electrons. The molecule has 0 bridgehead atoms. The van der Waals surface area contributed by atoms with Crippen molar-refractivity contribution >= 4 is 46.2 Å². The molecule has 3 aromatic rings. The van der Waals surface area contributed by atoms with Gasteiger partial charge in [0.1, 0.15) is 29.2 Å². The van der Waals surface area contributed by atoms with Crippen LogP contribution < -0.4 is 15.8 Å². The summed E-state index contributed by atoms with van der Waals surface area (Å²) >= 11 is 0. The van der Waals surface area contributed by atoms with Gasteiger partial charge in [-0.1, -0.05) is 6.92 Å². The first-order valence-corrected chi connectivity index (χ1v) is 13.0. The fraction of sp³-hybridized carbons (Fsp3) is 0.440. The number of pyridine rings is 3. The molecule has 2 N–H and O–H groups in total. The van der Waals surface area contributed by atoms with Crippen molar-refractivity contribution in [3.63, 3.8) is 0 Å². The minimum atomic E-state index is -0.292. The monoisotopic (exact) mass is 480 g/mol. The summed E-state index contributed by atoms with van der Waals surface area (Å²) in [6.07, 6.45) is 5.99. The van der Waals surface area contributed by atoms with Crippen LogP contribution in [0.1, 0.15) is 47.3 Å². The second-order valence-corrected chi connectivity index (χ2v) is 11.7. The number of nitrogens with one attached hydrogen (secondary N) is 2. The minimum Gasteiger partial charge on any atom is -0.368 e. The third-order valence-electron chi connectivity index (χ3n) is 7.68. The van der Waals surface area contributed by atoms with Gasteiger partial charge in [-0.15, -0.1) is 0 Å². The number of amides is 1. The molecule has 1 amide bonds. The number of rotatable bonds is 6. The maximum atomic E-state index is 12.5. The Balaban J connectivity index is 1.14. The first-order chi connectivity index (χ1) is 17.2. The van der Waals surface area contributed by atoms with Crippen LogP contribution in [0.25, 0.3) is 11.0 Å². The molecule has 4 heterocycles. The predicted octanol–water partition coefficient (Wildman–Crippen LogP) is -0.855. The first kappa shape index (κ1) is 23.3. The average molecular weight is 480 g/mol. The fourth-order valence-corrected chi connectivity index (χ4v) is 5.71. The normalized spacial score (nSPS) is 23.9. The number of carbonyl (C=O) groups is 1. The highest BCUT2D eigenvalue weighted by Gasteiger charge is 2.56. The molecule has 36 heavy (non-hydrogen) atoms. The van der Waals surface area contributed by atoms with E-state index in [1.807, 2.05) is 54.1 Å². The van der Waals surface area contributed by atoms with Crippen LogP contribution in [-0.4, -0.2) is 79.7 Å². The second-order valence-electron chi connectivity index (χ2n) is 11.7. The molecule has 1 aliphatic heterocycles. The number of hydrogen-bond acceptors (Lipinski definition) is 6. The smallest absolute Gasteiger partial charge is 0.268 e. The lowest BCUT2D eigenvalue weighted by atomic mass is 9.49. The van der Waals surface area contributed by atoms with Crippen LogP contribution in [0.15, 0.2) is 41.5 Å². The van der Waals surface area contributed by atoms with Gasteiger partial charge in [0.15, 0.2) is 0 Å². The van der Waals surface area contributed by atoms with Crippen LogP contribution in [-0.2, 0) is 6.54 Å². The van der Waals surface area contributed by atoms with E-state index in [1.165, 1.54) is 0 Å². The molecule has 11 heteroatoms. The van der Waals surface area contributed by atoms with Gasteiger partial charge >= 0.3 is 0 Å². The third-order valence-corrected chi connectivity index (χ3v) is 7.68. The summed E-state index contributed by atoms with van der Waals surface area (Å²) in [6, 6.07) is 8.79. The van der Waals surface area contributed by atoms with Gasteiger partial charge in [-0.25, -0.2) is 4.98 Å². The standard InChI is InChI=1S/C25H31B3N6O2/c1-13-21-22(13)34(16-4-5-18(30-11-16)24(36)32-25(26,27)28)7-6-33(21)12-14-8-20-19(29-10-14)9-17(15-2-3-15)23(35)31-20/h4-5,8-11,13,15,21-22H,2-3,6-7,12,26-28H2,1H3,(H,31,35)(H,32,36). The minimum absolute atomic E-state index is 0.0314. The van der Waals surface area contributed by atoms with Crippen LogP contribution in [0.4, 0.5) is 5.69 Å². The van der Waals surface area contributed by atoms with Gasteiger partial charge in [-0.05, 0) is 59.7 Å². The van der Waals surface area contributed by atoms with Gasteiger partial charge in [-0.2, -0.15) is 0 Å². The van der Waals surface area contributed by atoms with E-state index in [9.17, 15) is 9.59 Å². The van der Waals surface area contributed by atoms with E-state index in [-0.39, 0.29) is 16.7 Å². The predicted molar refractivity (Wildman–Crippen MR) is 149 cm³/mol. The number of fused-ring (bicyclic) bond motifs is 2. The Labute approximate surface area is 213 Å². The van der Waals surface area contributed by atoms with E-state index in [0.717, 1.165) is 60.3 Å². The van der Waals surface area contributed by atoms with E-state index in [0.29, 0.717) is 29.6 Å². The van der Waals surface area contributed by atoms with Crippen LogP contribution in [0.3, 0.4) is 0 Å². The Morgan fingerprint density at radius 1 is 1.14 bits per heavy atom. The zero-order chi connectivity index (χ0) is 25.2. The number of aromatic amines is 1. The Hall–Kier alpha value is -3.07. The fourth-order valence-electron chi connectivity index (χ4n) is 5.71. The SMILES string of the molecule is BC(B)(B)NC(=O)c1ccc(N2CCN(Cc3cnc4cc(C5CC5)c(=O)[nH]c4c3)C3C(C)C32)cn1. The molecule has 3 aromatic heterocycles. The Morgan fingerprint density at radius 2 is 1.94 bits per heavy atom. The summed E-state index contributed by atoms with van der Waals surface area (Å²) in [5.74, 6) is 0.813. The summed E-state index contributed by atoms with van der Waals surface area (Å²) in [7, 11) is 5.89. The maximum Gasteiger partial charge on any atom is 0.268 e. The molecule has 3 atom stereocenters. The third kappa shape index (κ3) is 4.45. The Morgan fingerprint density at radius 3 is 2.64 bits per heavy atom. The molecule has 3 unspecified atom stereocenters. The zero-order valence-electron chi connectivity index (χ0n) is 21.4. The maximum absolute atomic E-state index is 12.5. The number of hydrogen-bond donors (Lipinski definition) is 2. The van der Waals surface area contributed by atoms with E-state index in [1.54, 1.807) is 0 Å². The topological polar surface area (TPSA) is 94.2 Å². The van der Waals surface area contributed by atoms with E-state index in [4.69, 9.17) is 0 Å². The van der Waals surface area contributed by atoms with Gasteiger partial charge < -0.3 is 15.2 Å². The lowest BCUT2D eigenvalue weighted by molar-refractivity contribution is 0.0947. The highest BCUT2D eigenvalue weighted by atomic mass is 16.2. The average Bonchev–Trinajstić information content (AvgIpc) is 3.76. The number of piperazine rings is 1. The van der Waals surface area contributed by atoms with E-state index >= 15 is 0 Å². The van der Waals surface area contributed by atoms with Crippen molar-refractivity contribution in [2.24, 2.45) is 5.92 Å². The molecule has 0 radical (unpaired) electrons. The number of anilines is 1. The van der Waals surface area contributed by atoms with Gasteiger partial charge in [0.25, 0.3) is 11.5 Å². The molecule has 0 spiro atoms. The van der Waals surface area contributed by atoms with E-state index in [2.05, 4.69) is 43.1 Å². The van der Waals surface area contributed by atoms with Gasteiger partial charge in [0.2, 0.25) is 0 Å². The lowest BCUT2D eigenvalue weighted by Crippen LogP contribution is -2.50. The van der Waals surface area contributed by atoms with Crippen LogP contribution in [0.2, 0.25) is 0 Å². The Bertz CT molecular complexity index is 1390. The molecule has 2 aliphatic carbocycles. The molecule has 0 aromatic carbocycles. The summed E-state index contributed by atoms with van der Waals surface area (Å²) in [5.41, 5.74) is 5.24. The van der Waals surface area contributed by atoms with Crippen molar-refractivity contribution in [1.82, 2.24) is 25.2 Å². The number of aromatic nitrogens is 3. The molecule has 2 saturated carbocycles. The molecule has 6 rings (SSSR count). The summed E-state index contributed by atoms with van der Waals surface area (Å²) < 4.78 is 0. The molecular formula is C25H31B3N6O2. The van der Waals surface area contributed by atoms with Crippen molar-refractivity contribution < 1.29 is 4.79 Å². The molecule has 8 nitrogen and oxygen atoms in total. The van der Waals surface area contributed by atoms with Crippen LogP contribution in [0, 0.1) is 5.92 Å². The highest BCUT2D eigenvalue weighted by molar-refractivity contribution is 6.60. The van der Waals surface area contributed by atoms with Crippen molar-refractivity contribution in [1.29, 1.82) is 0 Å². The highest BCUT2D eigenvalue weighted by Crippen LogP contribution is 2.45. The van der Waals surface area contributed by atoms with Gasteiger partial charge in [0.05, 0.1) is 22.9 Å². The second kappa shape index (κ2) is 8.51. The van der Waals surface area contributed by atoms with Gasteiger partial charge in [-0.3, -0.25) is 19.5 Å². The largest absolute Gasteiger partial charge is 0.368 e.